The molecule has 0 radical (unpaired) electrons. The van der Waals surface area contributed by atoms with Gasteiger partial charge in [-0.25, -0.2) is 14.4 Å². The number of aromatic hydroxyl groups is 1. The molecule has 2 aliphatic heterocycles. The Balaban J connectivity index is 1.35. The number of rotatable bonds is 2. The summed E-state index contributed by atoms with van der Waals surface area (Å²) < 4.78 is 22.9. The van der Waals surface area contributed by atoms with Gasteiger partial charge in [0.05, 0.1) is 22.9 Å². The van der Waals surface area contributed by atoms with Crippen molar-refractivity contribution in [2.75, 3.05) is 18.0 Å². The van der Waals surface area contributed by atoms with Gasteiger partial charge < -0.3 is 20.5 Å². The number of anilines is 1. The standard InChI is InChI=1S/C25H24FN5O2/c1-15-20(21-17(26)6-4-7-18(21)32)23-28-11-14-31(23)24(29-15)30-12-9-25(10-13-30)22(27)16-5-2-3-8-19(16)33-25/h2-8,11,14,22,32H,9-10,12-13,27H2,1H3/t22-/m1/s1. The van der Waals surface area contributed by atoms with E-state index in [1.165, 1.54) is 18.2 Å². The number of hydrogen-bond donors (Lipinski definition) is 2. The van der Waals surface area contributed by atoms with E-state index in [0.717, 1.165) is 30.1 Å². The fourth-order valence-corrected chi connectivity index (χ4v) is 5.24. The summed E-state index contributed by atoms with van der Waals surface area (Å²) in [7, 11) is 0. The van der Waals surface area contributed by atoms with E-state index in [1.54, 1.807) is 6.20 Å². The Morgan fingerprint density at radius 3 is 2.67 bits per heavy atom. The zero-order valence-corrected chi connectivity index (χ0v) is 18.2. The van der Waals surface area contributed by atoms with E-state index >= 15 is 0 Å². The first kappa shape index (κ1) is 20.0. The summed E-state index contributed by atoms with van der Waals surface area (Å²) in [6.45, 7) is 3.24. The topological polar surface area (TPSA) is 88.9 Å². The minimum Gasteiger partial charge on any atom is -0.507 e. The lowest BCUT2D eigenvalue weighted by molar-refractivity contribution is 0.0429. The average molecular weight is 445 g/mol. The van der Waals surface area contributed by atoms with E-state index in [9.17, 15) is 9.50 Å². The highest BCUT2D eigenvalue weighted by atomic mass is 19.1. The van der Waals surface area contributed by atoms with Crippen LogP contribution in [-0.4, -0.2) is 38.2 Å². The molecule has 4 aromatic rings. The maximum Gasteiger partial charge on any atom is 0.211 e. The number of aryl methyl sites for hydroxylation is 1. The van der Waals surface area contributed by atoms with Crippen LogP contribution in [0.1, 0.15) is 30.1 Å². The number of piperidine rings is 1. The van der Waals surface area contributed by atoms with Gasteiger partial charge in [0, 0.05) is 43.9 Å². The van der Waals surface area contributed by atoms with Crippen molar-refractivity contribution in [3.8, 4) is 22.6 Å². The Labute approximate surface area is 190 Å². The highest BCUT2D eigenvalue weighted by Gasteiger charge is 2.48. The minimum absolute atomic E-state index is 0.117. The summed E-state index contributed by atoms with van der Waals surface area (Å²) in [5.74, 6) is 0.964. The number of nitrogens with zero attached hydrogens (tertiary/aromatic N) is 4. The predicted molar refractivity (Wildman–Crippen MR) is 123 cm³/mol. The first-order valence-corrected chi connectivity index (χ1v) is 11.1. The van der Waals surface area contributed by atoms with Crippen LogP contribution in [0.25, 0.3) is 16.8 Å². The summed E-state index contributed by atoms with van der Waals surface area (Å²) in [5.41, 5.74) is 9.03. The van der Waals surface area contributed by atoms with Gasteiger partial charge in [-0.05, 0) is 25.1 Å². The fraction of sp³-hybridized carbons (Fsp3) is 0.280. The third-order valence-electron chi connectivity index (χ3n) is 6.98. The molecule has 2 aromatic heterocycles. The number of phenols is 1. The number of fused-ring (bicyclic) bond motifs is 2. The Hall–Kier alpha value is -3.65. The third kappa shape index (κ3) is 2.90. The van der Waals surface area contributed by atoms with Crippen LogP contribution in [0.5, 0.6) is 11.5 Å². The second-order valence-corrected chi connectivity index (χ2v) is 8.80. The van der Waals surface area contributed by atoms with E-state index in [0.29, 0.717) is 30.0 Å². The van der Waals surface area contributed by atoms with Crippen LogP contribution in [0.15, 0.2) is 54.9 Å². The molecule has 1 saturated heterocycles. The first-order valence-electron chi connectivity index (χ1n) is 11.1. The number of hydrogen-bond acceptors (Lipinski definition) is 6. The van der Waals surface area contributed by atoms with Gasteiger partial charge in [-0.15, -0.1) is 0 Å². The van der Waals surface area contributed by atoms with Crippen LogP contribution < -0.4 is 15.4 Å². The number of imidazole rings is 1. The monoisotopic (exact) mass is 445 g/mol. The molecule has 1 atom stereocenters. The highest BCUT2D eigenvalue weighted by molar-refractivity contribution is 5.84. The smallest absolute Gasteiger partial charge is 0.211 e. The van der Waals surface area contributed by atoms with E-state index in [2.05, 4.69) is 9.88 Å². The van der Waals surface area contributed by atoms with Gasteiger partial charge in [-0.1, -0.05) is 24.3 Å². The van der Waals surface area contributed by atoms with Crippen LogP contribution in [0.3, 0.4) is 0 Å². The van der Waals surface area contributed by atoms with Gasteiger partial charge >= 0.3 is 0 Å². The van der Waals surface area contributed by atoms with Gasteiger partial charge in [-0.3, -0.25) is 4.40 Å². The normalized spacial score (nSPS) is 19.1. The lowest BCUT2D eigenvalue weighted by atomic mass is 9.83. The molecule has 0 unspecified atom stereocenters. The Bertz CT molecular complexity index is 1360. The van der Waals surface area contributed by atoms with Gasteiger partial charge in [0.2, 0.25) is 5.95 Å². The number of phenolic OH excluding ortho intramolecular Hbond substituents is 1. The van der Waals surface area contributed by atoms with Gasteiger partial charge in [0.1, 0.15) is 28.6 Å². The van der Waals surface area contributed by atoms with Gasteiger partial charge in [0.15, 0.2) is 0 Å². The molecule has 8 heteroatoms. The molecular weight excluding hydrogens is 421 g/mol. The van der Waals surface area contributed by atoms with Crippen LogP contribution in [0.4, 0.5) is 10.3 Å². The molecule has 0 aliphatic carbocycles. The quantitative estimate of drug-likeness (QED) is 0.485. The summed E-state index contributed by atoms with van der Waals surface area (Å²) in [5, 5.41) is 10.4. The number of aromatic nitrogens is 3. The molecule has 0 saturated carbocycles. The summed E-state index contributed by atoms with van der Waals surface area (Å²) in [6, 6.07) is 12.1. The molecule has 0 bridgehead atoms. The lowest BCUT2D eigenvalue weighted by Gasteiger charge is -2.41. The zero-order chi connectivity index (χ0) is 22.7. The second kappa shape index (κ2) is 7.18. The maximum absolute atomic E-state index is 14.7. The van der Waals surface area contributed by atoms with Crippen molar-refractivity contribution in [2.45, 2.75) is 31.4 Å². The first-order chi connectivity index (χ1) is 16.0. The predicted octanol–water partition coefficient (Wildman–Crippen LogP) is 3.98. The summed E-state index contributed by atoms with van der Waals surface area (Å²) in [6.07, 6.45) is 5.00. The van der Waals surface area contributed by atoms with Crippen molar-refractivity contribution < 1.29 is 14.2 Å². The number of benzene rings is 2. The summed E-state index contributed by atoms with van der Waals surface area (Å²) in [4.78, 5) is 11.5. The van der Waals surface area contributed by atoms with Crippen molar-refractivity contribution in [1.82, 2.24) is 14.4 Å². The molecule has 4 heterocycles. The molecule has 0 amide bonds. The fourth-order valence-electron chi connectivity index (χ4n) is 5.24. The average Bonchev–Trinajstić information content (AvgIpc) is 3.39. The van der Waals surface area contributed by atoms with E-state index in [1.807, 2.05) is 41.8 Å². The van der Waals surface area contributed by atoms with E-state index < -0.39 is 11.4 Å². The molecule has 1 spiro atoms. The van der Waals surface area contributed by atoms with Crippen LogP contribution in [0.2, 0.25) is 0 Å². The van der Waals surface area contributed by atoms with Crippen molar-refractivity contribution in [1.29, 1.82) is 0 Å². The summed E-state index contributed by atoms with van der Waals surface area (Å²) >= 11 is 0. The molecule has 2 aromatic carbocycles. The van der Waals surface area contributed by atoms with Crippen molar-refractivity contribution in [3.63, 3.8) is 0 Å². The molecule has 6 rings (SSSR count). The van der Waals surface area contributed by atoms with Gasteiger partial charge in [-0.2, -0.15) is 0 Å². The second-order valence-electron chi connectivity index (χ2n) is 8.80. The highest BCUT2D eigenvalue weighted by Crippen LogP contribution is 2.47. The van der Waals surface area contributed by atoms with Crippen molar-refractivity contribution >= 4 is 11.6 Å². The molecule has 3 N–H and O–H groups in total. The maximum atomic E-state index is 14.7. The SMILES string of the molecule is Cc1nc(N2CCC3(CC2)Oc2ccccc2[C@H]3N)n2ccnc2c1-c1c(O)cccc1F. The molecule has 33 heavy (non-hydrogen) atoms. The molecule has 168 valence electrons. The number of para-hydroxylation sites is 1. The zero-order valence-electron chi connectivity index (χ0n) is 18.2. The van der Waals surface area contributed by atoms with Crippen LogP contribution in [-0.2, 0) is 0 Å². The lowest BCUT2D eigenvalue weighted by Crippen LogP contribution is -2.52. The third-order valence-corrected chi connectivity index (χ3v) is 6.98. The Morgan fingerprint density at radius 2 is 1.91 bits per heavy atom. The molecule has 2 aliphatic rings. The molecular formula is C25H24FN5O2. The molecule has 7 nitrogen and oxygen atoms in total. The van der Waals surface area contributed by atoms with E-state index in [-0.39, 0.29) is 17.4 Å². The van der Waals surface area contributed by atoms with E-state index in [4.69, 9.17) is 15.5 Å². The Kier molecular flexibility index (Phi) is 4.35. The number of halogens is 1. The van der Waals surface area contributed by atoms with Crippen molar-refractivity contribution in [2.24, 2.45) is 5.73 Å². The molecule has 1 fully saturated rings. The Morgan fingerprint density at radius 1 is 1.12 bits per heavy atom. The van der Waals surface area contributed by atoms with Crippen LogP contribution >= 0.6 is 0 Å². The van der Waals surface area contributed by atoms with Gasteiger partial charge in [0.25, 0.3) is 0 Å². The number of nitrogens with two attached hydrogens (primary N) is 1. The minimum atomic E-state index is -0.510. The largest absolute Gasteiger partial charge is 0.507 e. The number of ether oxygens (including phenoxy) is 1. The van der Waals surface area contributed by atoms with Crippen molar-refractivity contribution in [3.05, 3.63) is 71.9 Å². The van der Waals surface area contributed by atoms with Crippen LogP contribution in [0, 0.1) is 12.7 Å².